The van der Waals surface area contributed by atoms with Crippen LogP contribution in [0.5, 0.6) is 11.5 Å². The molecule has 0 fully saturated rings. The Hall–Kier alpha value is -1.80. The Labute approximate surface area is 174 Å². The fourth-order valence-electron chi connectivity index (χ4n) is 2.54. The first-order valence-electron chi connectivity index (χ1n) is 9.20. The number of ether oxygens (including phenoxy) is 2. The molecule has 8 heteroatoms. The second kappa shape index (κ2) is 11.8. The Bertz CT molecular complexity index is 723. The quantitative estimate of drug-likeness (QED) is 0.399. The van der Waals surface area contributed by atoms with E-state index in [1.54, 1.807) is 6.20 Å². The van der Waals surface area contributed by atoms with Crippen LogP contribution in [0.2, 0.25) is 0 Å². The second-order valence-electron chi connectivity index (χ2n) is 5.85. The Morgan fingerprint density at radius 1 is 1.15 bits per heavy atom. The molecule has 0 aliphatic carbocycles. The monoisotopic (exact) mass is 454 g/mol. The predicted octanol–water partition coefficient (Wildman–Crippen LogP) is 3.54. The van der Waals surface area contributed by atoms with Gasteiger partial charge >= 0.3 is 0 Å². The van der Waals surface area contributed by atoms with E-state index in [0.717, 1.165) is 48.4 Å². The number of rotatable bonds is 11. The fourth-order valence-corrected chi connectivity index (χ4v) is 3.07. The van der Waals surface area contributed by atoms with E-state index in [1.807, 2.05) is 36.9 Å². The Balaban J connectivity index is 1.67. The fraction of sp³-hybridized carbons (Fsp3) is 0.474. The molecule has 2 N–H and O–H groups in total. The zero-order chi connectivity index (χ0) is 19.5. The summed E-state index contributed by atoms with van der Waals surface area (Å²) < 4.78 is 14.2. The molecule has 0 amide bonds. The zero-order valence-corrected chi connectivity index (χ0v) is 18.2. The summed E-state index contributed by atoms with van der Waals surface area (Å²) in [5.41, 5.74) is 1.18. The number of benzene rings is 1. The average Bonchev–Trinajstić information content (AvgIpc) is 3.06. The first-order valence-corrected chi connectivity index (χ1v) is 10.4. The summed E-state index contributed by atoms with van der Waals surface area (Å²) >= 11 is 8.72. The van der Waals surface area contributed by atoms with Gasteiger partial charge in [-0.1, -0.05) is 6.07 Å². The van der Waals surface area contributed by atoms with E-state index in [4.69, 9.17) is 21.7 Å². The number of hydrogen-bond acceptors (Lipinski definition) is 4. The second-order valence-corrected chi connectivity index (χ2v) is 7.18. The Morgan fingerprint density at radius 3 is 2.59 bits per heavy atom. The third kappa shape index (κ3) is 7.76. The van der Waals surface area contributed by atoms with Crippen molar-refractivity contribution in [3.63, 3.8) is 0 Å². The maximum Gasteiger partial charge on any atom is 0.166 e. The van der Waals surface area contributed by atoms with Crippen LogP contribution in [-0.4, -0.2) is 41.2 Å². The van der Waals surface area contributed by atoms with Crippen molar-refractivity contribution in [1.82, 2.24) is 20.4 Å². The Morgan fingerprint density at radius 2 is 1.89 bits per heavy atom. The minimum atomic E-state index is 0.616. The number of thiocarbonyl (C=S) groups is 1. The van der Waals surface area contributed by atoms with Crippen LogP contribution in [0.4, 0.5) is 0 Å². The molecule has 0 aliphatic rings. The van der Waals surface area contributed by atoms with Crippen LogP contribution in [0.25, 0.3) is 0 Å². The van der Waals surface area contributed by atoms with Crippen LogP contribution in [-0.2, 0) is 13.0 Å². The normalized spacial score (nSPS) is 10.5. The summed E-state index contributed by atoms with van der Waals surface area (Å²) in [5, 5.41) is 11.4. The lowest BCUT2D eigenvalue weighted by molar-refractivity contribution is 0.287. The number of aromatic nitrogens is 2. The lowest BCUT2D eigenvalue weighted by Gasteiger charge is -2.13. The summed E-state index contributed by atoms with van der Waals surface area (Å²) in [7, 11) is 0. The third-order valence-corrected chi connectivity index (χ3v) is 4.46. The SMILES string of the molecule is CCOc1ccc(CCNC(=S)NCCCn2cc(Br)cn2)cc1OCC. The van der Waals surface area contributed by atoms with Crippen molar-refractivity contribution in [2.24, 2.45) is 0 Å². The number of nitrogens with zero attached hydrogens (tertiary/aromatic N) is 2. The van der Waals surface area contributed by atoms with Gasteiger partial charge in [-0.15, -0.1) is 0 Å². The van der Waals surface area contributed by atoms with Crippen LogP contribution < -0.4 is 20.1 Å². The molecule has 0 atom stereocenters. The van der Waals surface area contributed by atoms with Gasteiger partial charge in [0.2, 0.25) is 0 Å². The van der Waals surface area contributed by atoms with E-state index in [0.29, 0.717) is 18.3 Å². The molecule has 1 aromatic heterocycles. The predicted molar refractivity (Wildman–Crippen MR) is 116 cm³/mol. The van der Waals surface area contributed by atoms with Crippen LogP contribution in [0, 0.1) is 0 Å². The highest BCUT2D eigenvalue weighted by Crippen LogP contribution is 2.28. The highest BCUT2D eigenvalue weighted by atomic mass is 79.9. The molecule has 6 nitrogen and oxygen atoms in total. The van der Waals surface area contributed by atoms with E-state index in [-0.39, 0.29) is 0 Å². The smallest absolute Gasteiger partial charge is 0.166 e. The van der Waals surface area contributed by atoms with Crippen molar-refractivity contribution >= 4 is 33.3 Å². The first kappa shape index (κ1) is 21.5. The van der Waals surface area contributed by atoms with Crippen LogP contribution in [0.1, 0.15) is 25.8 Å². The van der Waals surface area contributed by atoms with Crippen molar-refractivity contribution < 1.29 is 9.47 Å². The topological polar surface area (TPSA) is 60.3 Å². The number of nitrogens with one attached hydrogen (secondary N) is 2. The third-order valence-electron chi connectivity index (χ3n) is 3.76. The molecule has 0 radical (unpaired) electrons. The van der Waals surface area contributed by atoms with Gasteiger partial charge in [-0.2, -0.15) is 5.10 Å². The van der Waals surface area contributed by atoms with Gasteiger partial charge in [-0.05, 0) is 72.5 Å². The standard InChI is InChI=1S/C19H27BrN4O2S/c1-3-25-17-7-6-15(12-18(17)26-4-2)8-10-22-19(27)21-9-5-11-24-14-16(20)13-23-24/h6-7,12-14H,3-5,8-11H2,1-2H3,(H2,21,22,27). The highest BCUT2D eigenvalue weighted by molar-refractivity contribution is 9.10. The van der Waals surface area contributed by atoms with Gasteiger partial charge in [0.15, 0.2) is 16.6 Å². The van der Waals surface area contributed by atoms with Gasteiger partial charge in [-0.25, -0.2) is 0 Å². The largest absolute Gasteiger partial charge is 0.490 e. The van der Waals surface area contributed by atoms with E-state index in [9.17, 15) is 0 Å². The molecule has 0 saturated carbocycles. The summed E-state index contributed by atoms with van der Waals surface area (Å²) in [6, 6.07) is 6.07. The van der Waals surface area contributed by atoms with Crippen molar-refractivity contribution in [1.29, 1.82) is 0 Å². The van der Waals surface area contributed by atoms with Gasteiger partial charge in [0, 0.05) is 25.8 Å². The van der Waals surface area contributed by atoms with Crippen LogP contribution in [0.3, 0.4) is 0 Å². The Kier molecular flexibility index (Phi) is 9.41. The molecule has 2 rings (SSSR count). The molecule has 148 valence electrons. The minimum absolute atomic E-state index is 0.616. The molecule has 2 aromatic rings. The molecule has 0 saturated heterocycles. The summed E-state index contributed by atoms with van der Waals surface area (Å²) in [6.45, 7) is 7.60. The van der Waals surface area contributed by atoms with Crippen molar-refractivity contribution in [3.8, 4) is 11.5 Å². The van der Waals surface area contributed by atoms with Crippen LogP contribution in [0.15, 0.2) is 35.1 Å². The molecule has 27 heavy (non-hydrogen) atoms. The van der Waals surface area contributed by atoms with Gasteiger partial charge in [-0.3, -0.25) is 4.68 Å². The van der Waals surface area contributed by atoms with Gasteiger partial charge in [0.1, 0.15) is 0 Å². The minimum Gasteiger partial charge on any atom is -0.490 e. The molecule has 0 unspecified atom stereocenters. The van der Waals surface area contributed by atoms with Crippen molar-refractivity contribution in [3.05, 3.63) is 40.6 Å². The van der Waals surface area contributed by atoms with Gasteiger partial charge in [0.05, 0.1) is 23.9 Å². The van der Waals surface area contributed by atoms with E-state index >= 15 is 0 Å². The first-order chi connectivity index (χ1) is 13.1. The lowest BCUT2D eigenvalue weighted by atomic mass is 10.1. The molecule has 1 aromatic carbocycles. The molecule has 0 aliphatic heterocycles. The zero-order valence-electron chi connectivity index (χ0n) is 15.8. The van der Waals surface area contributed by atoms with E-state index < -0.39 is 0 Å². The lowest BCUT2D eigenvalue weighted by Crippen LogP contribution is -2.37. The highest BCUT2D eigenvalue weighted by Gasteiger charge is 2.06. The van der Waals surface area contributed by atoms with Crippen molar-refractivity contribution in [2.75, 3.05) is 26.3 Å². The van der Waals surface area contributed by atoms with Gasteiger partial charge < -0.3 is 20.1 Å². The molecular formula is C19H27BrN4O2S. The molecule has 0 bridgehead atoms. The summed E-state index contributed by atoms with van der Waals surface area (Å²) in [4.78, 5) is 0. The number of hydrogen-bond donors (Lipinski definition) is 2. The number of halogens is 1. The maximum absolute atomic E-state index is 5.67. The van der Waals surface area contributed by atoms with Crippen molar-refractivity contribution in [2.45, 2.75) is 33.2 Å². The molecule has 0 spiro atoms. The maximum atomic E-state index is 5.67. The summed E-state index contributed by atoms with van der Waals surface area (Å²) in [5.74, 6) is 1.58. The number of aryl methyl sites for hydroxylation is 1. The van der Waals surface area contributed by atoms with E-state index in [2.05, 4.69) is 37.7 Å². The van der Waals surface area contributed by atoms with Crippen LogP contribution >= 0.6 is 28.1 Å². The molecular weight excluding hydrogens is 428 g/mol. The van der Waals surface area contributed by atoms with E-state index in [1.165, 1.54) is 5.56 Å². The summed E-state index contributed by atoms with van der Waals surface area (Å²) in [6.07, 6.45) is 5.56. The average molecular weight is 455 g/mol. The van der Waals surface area contributed by atoms with Gasteiger partial charge in [0.25, 0.3) is 0 Å². The molecule has 1 heterocycles.